The molecule has 0 spiro atoms. The molecule has 0 aromatic heterocycles. The molecule has 1 heteroatoms. The second-order valence-corrected chi connectivity index (χ2v) is 7.17. The van der Waals surface area contributed by atoms with Crippen LogP contribution in [0, 0.1) is 11.3 Å². The zero-order chi connectivity index (χ0) is 14.6. The quantitative estimate of drug-likeness (QED) is 0.708. The van der Waals surface area contributed by atoms with Crippen LogP contribution in [0.5, 0.6) is 5.75 Å². The van der Waals surface area contributed by atoms with Crippen molar-refractivity contribution in [3.63, 3.8) is 0 Å². The first-order valence-corrected chi connectivity index (χ1v) is 8.34. The number of hydrogen-bond acceptors (Lipinski definition) is 1. The SMILES string of the molecule is CCC1=CC[C@H]2C3=CCc4cc(O)ccc4[C@H]3CC[C@]12C. The van der Waals surface area contributed by atoms with Gasteiger partial charge in [0, 0.05) is 5.92 Å². The van der Waals surface area contributed by atoms with Crippen LogP contribution in [0.25, 0.3) is 0 Å². The largest absolute Gasteiger partial charge is 0.508 e. The van der Waals surface area contributed by atoms with Crippen LogP contribution in [0.4, 0.5) is 0 Å². The summed E-state index contributed by atoms with van der Waals surface area (Å²) in [5.74, 6) is 1.72. The summed E-state index contributed by atoms with van der Waals surface area (Å²) in [4.78, 5) is 0. The van der Waals surface area contributed by atoms with Gasteiger partial charge < -0.3 is 5.11 Å². The first-order valence-electron chi connectivity index (χ1n) is 8.34. The van der Waals surface area contributed by atoms with Crippen molar-refractivity contribution in [1.82, 2.24) is 0 Å². The Morgan fingerprint density at radius 3 is 2.95 bits per heavy atom. The molecule has 0 amide bonds. The van der Waals surface area contributed by atoms with Gasteiger partial charge in [-0.3, -0.25) is 0 Å². The highest BCUT2D eigenvalue weighted by molar-refractivity contribution is 5.48. The lowest BCUT2D eigenvalue weighted by Crippen LogP contribution is -2.35. The van der Waals surface area contributed by atoms with Gasteiger partial charge in [-0.2, -0.15) is 0 Å². The van der Waals surface area contributed by atoms with Crippen molar-refractivity contribution in [1.29, 1.82) is 0 Å². The van der Waals surface area contributed by atoms with E-state index >= 15 is 0 Å². The predicted octanol–water partition coefficient (Wildman–Crippen LogP) is 5.11. The fraction of sp³-hybridized carbons (Fsp3) is 0.500. The summed E-state index contributed by atoms with van der Waals surface area (Å²) in [6, 6.07) is 5.98. The van der Waals surface area contributed by atoms with E-state index in [1.165, 1.54) is 36.8 Å². The molecular weight excluding hydrogens is 256 g/mol. The molecule has 1 N–H and O–H groups in total. The van der Waals surface area contributed by atoms with Gasteiger partial charge in [0.15, 0.2) is 0 Å². The van der Waals surface area contributed by atoms with Crippen LogP contribution in [0.2, 0.25) is 0 Å². The maximum absolute atomic E-state index is 9.71. The topological polar surface area (TPSA) is 20.2 Å². The molecule has 0 aliphatic heterocycles. The molecule has 0 heterocycles. The number of allylic oxidation sites excluding steroid dienone is 4. The van der Waals surface area contributed by atoms with Crippen LogP contribution in [0.15, 0.2) is 41.5 Å². The Kier molecular flexibility index (Phi) is 2.82. The first kappa shape index (κ1) is 13.2. The van der Waals surface area contributed by atoms with Crippen molar-refractivity contribution >= 4 is 0 Å². The Morgan fingerprint density at radius 1 is 1.29 bits per heavy atom. The van der Waals surface area contributed by atoms with Crippen molar-refractivity contribution < 1.29 is 5.11 Å². The van der Waals surface area contributed by atoms with Crippen molar-refractivity contribution in [3.05, 3.63) is 52.6 Å². The molecule has 0 unspecified atom stereocenters. The van der Waals surface area contributed by atoms with Gasteiger partial charge >= 0.3 is 0 Å². The minimum atomic E-state index is 0.405. The Morgan fingerprint density at radius 2 is 2.14 bits per heavy atom. The van der Waals surface area contributed by atoms with E-state index in [1.54, 1.807) is 11.1 Å². The molecule has 0 bridgehead atoms. The maximum atomic E-state index is 9.71. The minimum Gasteiger partial charge on any atom is -0.508 e. The van der Waals surface area contributed by atoms with Crippen LogP contribution >= 0.6 is 0 Å². The van der Waals surface area contributed by atoms with E-state index in [0.29, 0.717) is 23.0 Å². The third-order valence-electron chi connectivity index (χ3n) is 6.30. The molecule has 4 rings (SSSR count). The highest BCUT2D eigenvalue weighted by Gasteiger charge is 2.48. The van der Waals surface area contributed by atoms with Gasteiger partial charge in [0.2, 0.25) is 0 Å². The summed E-state index contributed by atoms with van der Waals surface area (Å²) >= 11 is 0. The van der Waals surface area contributed by atoms with Crippen molar-refractivity contribution in [2.45, 2.75) is 51.9 Å². The van der Waals surface area contributed by atoms with Gasteiger partial charge in [0.1, 0.15) is 5.75 Å². The lowest BCUT2D eigenvalue weighted by Gasteiger charge is -2.46. The Hall–Kier alpha value is -1.50. The molecule has 1 fully saturated rings. The van der Waals surface area contributed by atoms with Crippen molar-refractivity contribution in [2.75, 3.05) is 0 Å². The normalized spacial score (nSPS) is 33.6. The zero-order valence-corrected chi connectivity index (χ0v) is 13.0. The van der Waals surface area contributed by atoms with Gasteiger partial charge in [-0.05, 0) is 66.7 Å². The van der Waals surface area contributed by atoms with Crippen LogP contribution in [0.3, 0.4) is 0 Å². The summed E-state index contributed by atoms with van der Waals surface area (Å²) < 4.78 is 0. The standard InChI is InChI=1S/C20H24O/c1-3-14-5-9-19-18-7-4-13-12-15(21)6-8-16(13)17(18)10-11-20(14,19)2/h5-8,12,17,19,21H,3-4,9-11H2,1-2H3/t17-,19+,20-/m1/s1. The fourth-order valence-electron chi connectivity index (χ4n) is 5.17. The lowest BCUT2D eigenvalue weighted by molar-refractivity contribution is 0.214. The van der Waals surface area contributed by atoms with Crippen molar-refractivity contribution in [3.8, 4) is 5.75 Å². The predicted molar refractivity (Wildman–Crippen MR) is 86.5 cm³/mol. The molecule has 1 aromatic rings. The van der Waals surface area contributed by atoms with E-state index in [0.717, 1.165) is 6.42 Å². The number of fused-ring (bicyclic) bond motifs is 5. The van der Waals surface area contributed by atoms with E-state index in [-0.39, 0.29) is 0 Å². The smallest absolute Gasteiger partial charge is 0.115 e. The highest BCUT2D eigenvalue weighted by Crippen LogP contribution is 2.60. The second-order valence-electron chi connectivity index (χ2n) is 7.17. The minimum absolute atomic E-state index is 0.405. The van der Waals surface area contributed by atoms with Crippen LogP contribution in [0.1, 0.15) is 56.6 Å². The zero-order valence-electron chi connectivity index (χ0n) is 13.0. The Balaban J connectivity index is 1.73. The van der Waals surface area contributed by atoms with E-state index in [4.69, 9.17) is 0 Å². The molecule has 3 aliphatic carbocycles. The number of aromatic hydroxyl groups is 1. The third-order valence-corrected chi connectivity index (χ3v) is 6.30. The number of benzene rings is 1. The fourth-order valence-corrected chi connectivity index (χ4v) is 5.17. The molecule has 1 saturated carbocycles. The number of rotatable bonds is 1. The molecule has 0 saturated heterocycles. The Labute approximate surface area is 127 Å². The summed E-state index contributed by atoms with van der Waals surface area (Å²) in [5, 5.41) is 9.71. The van der Waals surface area contributed by atoms with Gasteiger partial charge in [0.05, 0.1) is 0 Å². The molecule has 3 atom stereocenters. The van der Waals surface area contributed by atoms with Crippen LogP contribution in [-0.2, 0) is 6.42 Å². The molecule has 1 aromatic carbocycles. The Bertz CT molecular complexity index is 652. The molecule has 110 valence electrons. The van der Waals surface area contributed by atoms with Crippen molar-refractivity contribution in [2.24, 2.45) is 11.3 Å². The first-order chi connectivity index (χ1) is 10.1. The maximum Gasteiger partial charge on any atom is 0.115 e. The van der Waals surface area contributed by atoms with Gasteiger partial charge in [-0.15, -0.1) is 0 Å². The van der Waals surface area contributed by atoms with E-state index in [2.05, 4.69) is 32.1 Å². The highest BCUT2D eigenvalue weighted by atomic mass is 16.3. The molecular formula is C20H24O. The molecule has 21 heavy (non-hydrogen) atoms. The van der Waals surface area contributed by atoms with Gasteiger partial charge in [-0.1, -0.05) is 43.2 Å². The monoisotopic (exact) mass is 280 g/mol. The summed E-state index contributed by atoms with van der Waals surface area (Å²) in [5.41, 5.74) is 6.57. The van der Waals surface area contributed by atoms with Crippen LogP contribution < -0.4 is 0 Å². The van der Waals surface area contributed by atoms with Gasteiger partial charge in [-0.25, -0.2) is 0 Å². The average molecular weight is 280 g/mol. The lowest BCUT2D eigenvalue weighted by atomic mass is 9.58. The van der Waals surface area contributed by atoms with E-state index in [1.807, 2.05) is 12.1 Å². The second kappa shape index (κ2) is 4.50. The summed E-state index contributed by atoms with van der Waals surface area (Å²) in [7, 11) is 0. The van der Waals surface area contributed by atoms with Gasteiger partial charge in [0.25, 0.3) is 0 Å². The van der Waals surface area contributed by atoms with Crippen LogP contribution in [-0.4, -0.2) is 5.11 Å². The summed E-state index contributed by atoms with van der Waals surface area (Å²) in [6.07, 6.45) is 11.0. The molecule has 1 nitrogen and oxygen atoms in total. The number of phenolic OH excluding ortho intramolecular Hbond substituents is 1. The molecule has 0 radical (unpaired) electrons. The van der Waals surface area contributed by atoms with E-state index in [9.17, 15) is 5.11 Å². The third kappa shape index (κ3) is 1.76. The molecule has 3 aliphatic rings. The van der Waals surface area contributed by atoms with E-state index < -0.39 is 0 Å². The summed E-state index contributed by atoms with van der Waals surface area (Å²) in [6.45, 7) is 4.79. The number of phenols is 1. The number of hydrogen-bond donors (Lipinski definition) is 1. The average Bonchev–Trinajstić information content (AvgIpc) is 2.83.